The fourth-order valence-electron chi connectivity index (χ4n) is 3.81. The Morgan fingerprint density at radius 1 is 0.750 bits per heavy atom. The SMILES string of the molecule is CCCCP(CCCC)(CCCC)(CCCC)O/C(C)=C/C(C)=O. The van der Waals surface area contributed by atoms with Crippen LogP contribution in [-0.4, -0.2) is 30.4 Å². The molecule has 0 aliphatic carbocycles. The van der Waals surface area contributed by atoms with Crippen molar-refractivity contribution in [1.29, 1.82) is 0 Å². The summed E-state index contributed by atoms with van der Waals surface area (Å²) in [6.07, 6.45) is 16.6. The molecule has 0 saturated carbocycles. The number of carbonyl (C=O) groups is 1. The van der Waals surface area contributed by atoms with E-state index in [-0.39, 0.29) is 5.78 Å². The minimum atomic E-state index is -2.27. The van der Waals surface area contributed by atoms with Gasteiger partial charge in [0, 0.05) is 0 Å². The number of ketones is 1. The fraction of sp³-hybridized carbons (Fsp3) is 0.857. The van der Waals surface area contributed by atoms with Crippen LogP contribution in [0.25, 0.3) is 0 Å². The van der Waals surface area contributed by atoms with Crippen LogP contribution in [0.5, 0.6) is 0 Å². The van der Waals surface area contributed by atoms with Crippen LogP contribution in [0.4, 0.5) is 0 Å². The maximum atomic E-state index is 11.6. The van der Waals surface area contributed by atoms with E-state index in [9.17, 15) is 4.79 Å². The third-order valence-corrected chi connectivity index (χ3v) is 11.7. The molecule has 0 spiro atoms. The van der Waals surface area contributed by atoms with Gasteiger partial charge in [-0.3, -0.25) is 0 Å². The molecule has 0 saturated heterocycles. The van der Waals surface area contributed by atoms with Gasteiger partial charge in [0.2, 0.25) is 0 Å². The Labute approximate surface area is 151 Å². The summed E-state index contributed by atoms with van der Waals surface area (Å²) < 4.78 is 6.92. The Morgan fingerprint density at radius 2 is 1.08 bits per heavy atom. The van der Waals surface area contributed by atoms with Crippen molar-refractivity contribution < 1.29 is 9.32 Å². The van der Waals surface area contributed by atoms with Gasteiger partial charge in [0.1, 0.15) is 0 Å². The molecule has 24 heavy (non-hydrogen) atoms. The zero-order chi connectivity index (χ0) is 18.5. The summed E-state index contributed by atoms with van der Waals surface area (Å²) in [5, 5.41) is 0. The van der Waals surface area contributed by atoms with Gasteiger partial charge in [-0.15, -0.1) is 0 Å². The van der Waals surface area contributed by atoms with Crippen molar-refractivity contribution in [2.45, 2.75) is 92.9 Å². The summed E-state index contributed by atoms with van der Waals surface area (Å²) in [6, 6.07) is 0. The van der Waals surface area contributed by atoms with Crippen LogP contribution in [0.1, 0.15) is 92.9 Å². The topological polar surface area (TPSA) is 26.3 Å². The molecule has 0 heterocycles. The normalized spacial score (nSPS) is 14.2. The van der Waals surface area contributed by atoms with Crippen molar-refractivity contribution in [1.82, 2.24) is 0 Å². The number of hydrogen-bond donors (Lipinski definition) is 0. The molecule has 0 aromatic carbocycles. The van der Waals surface area contributed by atoms with Gasteiger partial charge in [0.15, 0.2) is 0 Å². The number of hydrogen-bond acceptors (Lipinski definition) is 2. The predicted octanol–water partition coefficient (Wildman–Crippen LogP) is 7.16. The molecule has 0 fully saturated rings. The molecule has 3 heteroatoms. The summed E-state index contributed by atoms with van der Waals surface area (Å²) in [5.41, 5.74) is 0. The predicted molar refractivity (Wildman–Crippen MR) is 112 cm³/mol. The van der Waals surface area contributed by atoms with Crippen LogP contribution in [-0.2, 0) is 9.32 Å². The van der Waals surface area contributed by atoms with Gasteiger partial charge in [-0.1, -0.05) is 0 Å². The quantitative estimate of drug-likeness (QED) is 0.176. The molecule has 0 aliphatic heterocycles. The second-order valence-electron chi connectivity index (χ2n) is 7.62. The molecule has 0 radical (unpaired) electrons. The van der Waals surface area contributed by atoms with Gasteiger partial charge < -0.3 is 0 Å². The Morgan fingerprint density at radius 3 is 1.33 bits per heavy atom. The molecule has 0 aromatic heterocycles. The molecule has 2 nitrogen and oxygen atoms in total. The molecule has 0 unspecified atom stereocenters. The van der Waals surface area contributed by atoms with Crippen molar-refractivity contribution in [3.63, 3.8) is 0 Å². The maximum absolute atomic E-state index is 11.6. The van der Waals surface area contributed by atoms with Crippen LogP contribution >= 0.6 is 6.83 Å². The third-order valence-electron chi connectivity index (χ3n) is 5.12. The number of unbranched alkanes of at least 4 members (excludes halogenated alkanes) is 4. The molecule has 0 rings (SSSR count). The van der Waals surface area contributed by atoms with Crippen molar-refractivity contribution in [3.8, 4) is 0 Å². The Bertz CT molecular complexity index is 344. The van der Waals surface area contributed by atoms with Crippen molar-refractivity contribution in [2.75, 3.05) is 24.6 Å². The summed E-state index contributed by atoms with van der Waals surface area (Å²) in [5.74, 6) is 0.959. The second-order valence-corrected chi connectivity index (χ2v) is 13.3. The van der Waals surface area contributed by atoms with Gasteiger partial charge >= 0.3 is 151 Å². The molecule has 0 aromatic rings. The first kappa shape index (κ1) is 23.6. The van der Waals surface area contributed by atoms with Crippen molar-refractivity contribution >= 4 is 12.6 Å². The van der Waals surface area contributed by atoms with Crippen molar-refractivity contribution in [2.24, 2.45) is 0 Å². The van der Waals surface area contributed by atoms with Gasteiger partial charge in [-0.05, 0) is 0 Å². The van der Waals surface area contributed by atoms with Gasteiger partial charge in [0.25, 0.3) is 0 Å². The minimum absolute atomic E-state index is 0.0982. The average molecular weight is 359 g/mol. The first-order chi connectivity index (χ1) is 11.4. The first-order valence-corrected chi connectivity index (χ1v) is 13.2. The molecule has 0 bridgehead atoms. The first-order valence-electron chi connectivity index (χ1n) is 10.3. The van der Waals surface area contributed by atoms with E-state index in [1.165, 1.54) is 76.0 Å². The standard InChI is InChI=1S/C21H43O2P/c1-7-11-15-24(16-12-8-2,17-13-9-3,18-14-10-4)23-21(6)19-20(5)22/h19H,7-18H2,1-6H3/b21-19+. The van der Waals surface area contributed by atoms with E-state index in [4.69, 9.17) is 4.52 Å². The molecule has 0 aliphatic rings. The monoisotopic (exact) mass is 358 g/mol. The van der Waals surface area contributed by atoms with Crippen LogP contribution in [0.2, 0.25) is 0 Å². The summed E-state index contributed by atoms with van der Waals surface area (Å²) in [6.45, 7) is 10.5. The van der Waals surface area contributed by atoms with E-state index in [0.29, 0.717) is 0 Å². The molecular formula is C21H43O2P. The zero-order valence-electron chi connectivity index (χ0n) is 17.3. The molecule has 0 atom stereocenters. The fourth-order valence-corrected chi connectivity index (χ4v) is 10.8. The number of carbonyl (C=O) groups excluding carboxylic acids is 1. The number of rotatable bonds is 15. The Hall–Kier alpha value is -0.360. The van der Waals surface area contributed by atoms with Crippen LogP contribution in [0.3, 0.4) is 0 Å². The van der Waals surface area contributed by atoms with Gasteiger partial charge in [0.05, 0.1) is 0 Å². The van der Waals surface area contributed by atoms with Crippen LogP contribution in [0, 0.1) is 0 Å². The van der Waals surface area contributed by atoms with E-state index >= 15 is 0 Å². The molecule has 144 valence electrons. The van der Waals surface area contributed by atoms with E-state index in [1.54, 1.807) is 13.0 Å². The Kier molecular flexibility index (Phi) is 11.9. The molecular weight excluding hydrogens is 315 g/mol. The zero-order valence-corrected chi connectivity index (χ0v) is 18.2. The van der Waals surface area contributed by atoms with Crippen LogP contribution in [0.15, 0.2) is 11.8 Å². The molecule has 0 N–H and O–H groups in total. The average Bonchev–Trinajstić information content (AvgIpc) is 2.54. The van der Waals surface area contributed by atoms with Gasteiger partial charge in [-0.2, -0.15) is 0 Å². The Balaban J connectivity index is 5.85. The number of allylic oxidation sites excluding steroid dienone is 2. The van der Waals surface area contributed by atoms with E-state index < -0.39 is 6.83 Å². The summed E-state index contributed by atoms with van der Waals surface area (Å²) in [7, 11) is 0. The molecule has 0 amide bonds. The van der Waals surface area contributed by atoms with Crippen LogP contribution < -0.4 is 0 Å². The van der Waals surface area contributed by atoms with E-state index in [1.807, 2.05) is 6.92 Å². The third kappa shape index (κ3) is 8.15. The van der Waals surface area contributed by atoms with Gasteiger partial charge in [-0.25, -0.2) is 0 Å². The second kappa shape index (κ2) is 12.1. The summed E-state index contributed by atoms with van der Waals surface area (Å²) >= 11 is 0. The van der Waals surface area contributed by atoms with E-state index in [0.717, 1.165) is 5.76 Å². The van der Waals surface area contributed by atoms with Crippen molar-refractivity contribution in [3.05, 3.63) is 11.8 Å². The van der Waals surface area contributed by atoms with E-state index in [2.05, 4.69) is 27.7 Å². The summed E-state index contributed by atoms with van der Waals surface area (Å²) in [4.78, 5) is 11.6.